The van der Waals surface area contributed by atoms with Gasteiger partial charge in [0.15, 0.2) is 5.76 Å². The highest BCUT2D eigenvalue weighted by Gasteiger charge is 2.12. The van der Waals surface area contributed by atoms with E-state index in [4.69, 9.17) is 4.42 Å². The number of hydrogen-bond acceptors (Lipinski definition) is 5. The molecule has 0 atom stereocenters. The van der Waals surface area contributed by atoms with Gasteiger partial charge in [0.1, 0.15) is 5.69 Å². The number of benzene rings is 1. The molecule has 4 rings (SSSR count). The quantitative estimate of drug-likeness (QED) is 0.439. The fourth-order valence-corrected chi connectivity index (χ4v) is 2.55. The van der Waals surface area contributed by atoms with Gasteiger partial charge in [-0.1, -0.05) is 18.2 Å². The van der Waals surface area contributed by atoms with Crippen molar-refractivity contribution < 1.29 is 9.21 Å². The van der Waals surface area contributed by atoms with Gasteiger partial charge in [-0.2, -0.15) is 10.2 Å². The highest BCUT2D eigenvalue weighted by atomic mass is 16.3. The van der Waals surface area contributed by atoms with Crippen LogP contribution in [-0.4, -0.2) is 26.9 Å². The predicted octanol–water partition coefficient (Wildman–Crippen LogP) is 3.29. The molecule has 0 unspecified atom stereocenters. The first kappa shape index (κ1) is 16.5. The van der Waals surface area contributed by atoms with Crippen molar-refractivity contribution in [3.63, 3.8) is 0 Å². The predicted molar refractivity (Wildman–Crippen MR) is 101 cm³/mol. The van der Waals surface area contributed by atoms with Crippen LogP contribution in [0.15, 0.2) is 89.0 Å². The first-order chi connectivity index (χ1) is 13.3. The van der Waals surface area contributed by atoms with Crippen LogP contribution in [0.25, 0.3) is 16.9 Å². The lowest BCUT2D eigenvalue weighted by Gasteiger charge is -1.99. The van der Waals surface area contributed by atoms with Crippen molar-refractivity contribution in [3.05, 3.63) is 90.8 Å². The van der Waals surface area contributed by atoms with Crippen LogP contribution < -0.4 is 5.43 Å². The Morgan fingerprint density at radius 3 is 2.74 bits per heavy atom. The molecule has 3 aromatic heterocycles. The molecule has 0 aliphatic heterocycles. The molecule has 7 nitrogen and oxygen atoms in total. The molecule has 0 radical (unpaired) electrons. The number of nitrogens with zero attached hydrogens (tertiary/aromatic N) is 4. The smallest absolute Gasteiger partial charge is 0.307 e. The second-order valence-corrected chi connectivity index (χ2v) is 5.63. The van der Waals surface area contributed by atoms with Crippen molar-refractivity contribution in [1.82, 2.24) is 20.2 Å². The minimum Gasteiger partial charge on any atom is -0.459 e. The van der Waals surface area contributed by atoms with Crippen molar-refractivity contribution >= 4 is 12.1 Å². The molecule has 0 bridgehead atoms. The molecule has 4 aromatic rings. The third kappa shape index (κ3) is 3.67. The first-order valence-corrected chi connectivity index (χ1v) is 8.23. The van der Waals surface area contributed by atoms with Gasteiger partial charge in [0.05, 0.1) is 18.2 Å². The van der Waals surface area contributed by atoms with E-state index in [9.17, 15) is 4.79 Å². The Hall–Kier alpha value is -4.00. The lowest BCUT2D eigenvalue weighted by Crippen LogP contribution is -2.16. The minimum absolute atomic E-state index is 0.194. The zero-order valence-electron chi connectivity index (χ0n) is 14.2. The molecule has 1 aromatic carbocycles. The Labute approximate surface area is 155 Å². The maximum absolute atomic E-state index is 11.9. The molecule has 0 aliphatic rings. The van der Waals surface area contributed by atoms with Crippen LogP contribution in [0.5, 0.6) is 0 Å². The highest BCUT2D eigenvalue weighted by Crippen LogP contribution is 2.21. The Morgan fingerprint density at radius 2 is 2.00 bits per heavy atom. The molecular formula is C20H15N5O2. The van der Waals surface area contributed by atoms with Crippen molar-refractivity contribution in [2.45, 2.75) is 0 Å². The Kier molecular flexibility index (Phi) is 4.57. The lowest BCUT2D eigenvalue weighted by atomic mass is 10.1. The summed E-state index contributed by atoms with van der Waals surface area (Å²) in [7, 11) is 0. The third-order valence-electron chi connectivity index (χ3n) is 3.81. The van der Waals surface area contributed by atoms with Crippen LogP contribution in [0.2, 0.25) is 0 Å². The van der Waals surface area contributed by atoms with Gasteiger partial charge in [0, 0.05) is 29.7 Å². The second kappa shape index (κ2) is 7.49. The number of carbonyl (C=O) groups excluding carboxylic acids is 1. The van der Waals surface area contributed by atoms with Gasteiger partial charge in [-0.25, -0.2) is 10.1 Å². The maximum atomic E-state index is 11.9. The van der Waals surface area contributed by atoms with Gasteiger partial charge in [-0.15, -0.1) is 0 Å². The number of furan rings is 1. The number of amides is 1. The van der Waals surface area contributed by atoms with E-state index >= 15 is 0 Å². The second-order valence-electron chi connectivity index (χ2n) is 5.63. The molecule has 7 heteroatoms. The number of nitrogens with one attached hydrogen (secondary N) is 1. The summed E-state index contributed by atoms with van der Waals surface area (Å²) in [6.07, 6.45) is 8.27. The number of carbonyl (C=O) groups is 1. The van der Waals surface area contributed by atoms with Gasteiger partial charge >= 0.3 is 5.91 Å². The average Bonchev–Trinajstić information content (AvgIpc) is 3.40. The molecule has 0 fully saturated rings. The first-order valence-electron chi connectivity index (χ1n) is 8.23. The van der Waals surface area contributed by atoms with Crippen molar-refractivity contribution in [3.8, 4) is 16.9 Å². The number of para-hydroxylation sites is 1. The van der Waals surface area contributed by atoms with Gasteiger partial charge in [0.2, 0.25) is 0 Å². The molecule has 0 saturated heterocycles. The Bertz CT molecular complexity index is 1050. The van der Waals surface area contributed by atoms with E-state index < -0.39 is 5.91 Å². The minimum atomic E-state index is -0.422. The van der Waals surface area contributed by atoms with Gasteiger partial charge in [-0.05, 0) is 36.4 Å². The van der Waals surface area contributed by atoms with E-state index in [-0.39, 0.29) is 5.76 Å². The fraction of sp³-hybridized carbons (Fsp3) is 0. The standard InChI is InChI=1S/C20H15N5O2/c26-20(18-9-5-11-27-18)23-22-13-16-14-25(17-7-2-1-3-8-17)24-19(16)15-6-4-10-21-12-15/h1-14H,(H,23,26)/b22-13-. The summed E-state index contributed by atoms with van der Waals surface area (Å²) >= 11 is 0. The molecule has 0 saturated carbocycles. The summed E-state index contributed by atoms with van der Waals surface area (Å²) in [4.78, 5) is 16.1. The van der Waals surface area contributed by atoms with Crippen LogP contribution in [0, 0.1) is 0 Å². The lowest BCUT2D eigenvalue weighted by molar-refractivity contribution is 0.0927. The van der Waals surface area contributed by atoms with E-state index in [2.05, 4.69) is 20.6 Å². The van der Waals surface area contributed by atoms with Crippen LogP contribution in [-0.2, 0) is 0 Å². The zero-order chi connectivity index (χ0) is 18.5. The molecular weight excluding hydrogens is 342 g/mol. The van der Waals surface area contributed by atoms with E-state index in [0.717, 1.165) is 16.8 Å². The molecule has 0 aliphatic carbocycles. The summed E-state index contributed by atoms with van der Waals surface area (Å²) < 4.78 is 6.80. The summed E-state index contributed by atoms with van der Waals surface area (Å²) in [5.41, 5.74) is 5.67. The third-order valence-corrected chi connectivity index (χ3v) is 3.81. The fourth-order valence-electron chi connectivity index (χ4n) is 2.55. The molecule has 3 heterocycles. The molecule has 27 heavy (non-hydrogen) atoms. The molecule has 1 amide bonds. The molecule has 0 spiro atoms. The van der Waals surface area contributed by atoms with Crippen LogP contribution in [0.4, 0.5) is 0 Å². The summed E-state index contributed by atoms with van der Waals surface area (Å²) in [5, 5.41) is 8.68. The summed E-state index contributed by atoms with van der Waals surface area (Å²) in [5.74, 6) is -0.228. The largest absolute Gasteiger partial charge is 0.459 e. The Balaban J connectivity index is 1.65. The summed E-state index contributed by atoms with van der Waals surface area (Å²) in [6, 6.07) is 16.7. The number of pyridine rings is 1. The normalized spacial score (nSPS) is 11.0. The van der Waals surface area contributed by atoms with Crippen LogP contribution in [0.3, 0.4) is 0 Å². The molecule has 1 N–H and O–H groups in total. The number of rotatable bonds is 5. The summed E-state index contributed by atoms with van der Waals surface area (Å²) in [6.45, 7) is 0. The number of hydrazone groups is 1. The van der Waals surface area contributed by atoms with Crippen molar-refractivity contribution in [2.24, 2.45) is 5.10 Å². The van der Waals surface area contributed by atoms with Gasteiger partial charge in [0.25, 0.3) is 0 Å². The van der Waals surface area contributed by atoms with Gasteiger partial charge < -0.3 is 4.42 Å². The van der Waals surface area contributed by atoms with Crippen molar-refractivity contribution in [1.29, 1.82) is 0 Å². The SMILES string of the molecule is O=C(N/N=C\c1cn(-c2ccccc2)nc1-c1cccnc1)c1ccco1. The van der Waals surface area contributed by atoms with E-state index in [1.807, 2.05) is 48.7 Å². The number of aromatic nitrogens is 3. The van der Waals surface area contributed by atoms with Crippen LogP contribution in [0.1, 0.15) is 16.1 Å². The number of hydrogen-bond donors (Lipinski definition) is 1. The topological polar surface area (TPSA) is 85.3 Å². The van der Waals surface area contributed by atoms with E-state index in [1.54, 1.807) is 35.4 Å². The molecule has 132 valence electrons. The van der Waals surface area contributed by atoms with E-state index in [1.165, 1.54) is 6.26 Å². The van der Waals surface area contributed by atoms with E-state index in [0.29, 0.717) is 5.69 Å². The van der Waals surface area contributed by atoms with Crippen molar-refractivity contribution in [2.75, 3.05) is 0 Å². The zero-order valence-corrected chi connectivity index (χ0v) is 14.2. The highest BCUT2D eigenvalue weighted by molar-refractivity contribution is 5.93. The monoisotopic (exact) mass is 357 g/mol. The Morgan fingerprint density at radius 1 is 1.11 bits per heavy atom. The average molecular weight is 357 g/mol. The van der Waals surface area contributed by atoms with Gasteiger partial charge in [-0.3, -0.25) is 9.78 Å². The maximum Gasteiger partial charge on any atom is 0.307 e. The van der Waals surface area contributed by atoms with Crippen LogP contribution >= 0.6 is 0 Å².